The third-order valence-corrected chi connectivity index (χ3v) is 4.96. The highest BCUT2D eigenvalue weighted by Crippen LogP contribution is 2.26. The molecule has 0 bridgehead atoms. The number of benzene rings is 1. The molecule has 0 radical (unpaired) electrons. The first kappa shape index (κ1) is 19.4. The van der Waals surface area contributed by atoms with Gasteiger partial charge in [0.05, 0.1) is 6.04 Å². The first-order valence-corrected chi connectivity index (χ1v) is 9.15. The third kappa shape index (κ3) is 5.56. The SMILES string of the molecule is CC(=O)NC(C)(C)C(=O)NC[C@@H](c1ccccc1)N1CCC(C)CC1. The van der Waals surface area contributed by atoms with E-state index in [1.807, 2.05) is 18.2 Å². The second-order valence-electron chi connectivity index (χ2n) is 7.66. The van der Waals surface area contributed by atoms with Crippen molar-refractivity contribution < 1.29 is 9.59 Å². The molecule has 1 saturated heterocycles. The second-order valence-corrected chi connectivity index (χ2v) is 7.66. The summed E-state index contributed by atoms with van der Waals surface area (Å²) in [4.78, 5) is 26.3. The number of amides is 2. The van der Waals surface area contributed by atoms with Gasteiger partial charge in [0.2, 0.25) is 11.8 Å². The molecule has 1 aromatic carbocycles. The maximum Gasteiger partial charge on any atom is 0.245 e. The van der Waals surface area contributed by atoms with Gasteiger partial charge in [-0.25, -0.2) is 0 Å². The van der Waals surface area contributed by atoms with E-state index in [2.05, 4.69) is 34.6 Å². The minimum Gasteiger partial charge on any atom is -0.352 e. The molecular weight excluding hydrogens is 314 g/mol. The molecule has 0 saturated carbocycles. The van der Waals surface area contributed by atoms with E-state index in [0.717, 1.165) is 19.0 Å². The van der Waals surface area contributed by atoms with E-state index in [1.165, 1.54) is 25.3 Å². The molecule has 0 aromatic heterocycles. The molecular formula is C20H31N3O2. The quantitative estimate of drug-likeness (QED) is 0.833. The Morgan fingerprint density at radius 2 is 1.80 bits per heavy atom. The Morgan fingerprint density at radius 1 is 1.20 bits per heavy atom. The summed E-state index contributed by atoms with van der Waals surface area (Å²) in [5.41, 5.74) is 0.304. The van der Waals surface area contributed by atoms with Crippen LogP contribution in [0.2, 0.25) is 0 Å². The third-order valence-electron chi connectivity index (χ3n) is 4.96. The summed E-state index contributed by atoms with van der Waals surface area (Å²) in [6.07, 6.45) is 2.38. The topological polar surface area (TPSA) is 61.4 Å². The fourth-order valence-corrected chi connectivity index (χ4v) is 3.38. The first-order valence-electron chi connectivity index (χ1n) is 9.15. The van der Waals surface area contributed by atoms with Crippen LogP contribution in [0.4, 0.5) is 0 Å². The molecule has 25 heavy (non-hydrogen) atoms. The highest BCUT2D eigenvalue weighted by Gasteiger charge is 2.30. The predicted molar refractivity (Wildman–Crippen MR) is 100 cm³/mol. The van der Waals surface area contributed by atoms with Crippen molar-refractivity contribution in [2.24, 2.45) is 5.92 Å². The van der Waals surface area contributed by atoms with Crippen molar-refractivity contribution in [2.45, 2.75) is 52.1 Å². The van der Waals surface area contributed by atoms with E-state index in [1.54, 1.807) is 13.8 Å². The Kier molecular flexibility index (Phi) is 6.59. The fraction of sp³-hybridized carbons (Fsp3) is 0.600. The molecule has 1 heterocycles. The Bertz CT molecular complexity index is 578. The number of likely N-dealkylation sites (tertiary alicyclic amines) is 1. The average molecular weight is 345 g/mol. The van der Waals surface area contributed by atoms with Crippen LogP contribution in [0.5, 0.6) is 0 Å². The summed E-state index contributed by atoms with van der Waals surface area (Å²) in [7, 11) is 0. The van der Waals surface area contributed by atoms with Crippen molar-refractivity contribution in [3.05, 3.63) is 35.9 Å². The van der Waals surface area contributed by atoms with Crippen LogP contribution in [0.1, 0.15) is 52.1 Å². The highest BCUT2D eigenvalue weighted by molar-refractivity contribution is 5.90. The lowest BCUT2D eigenvalue weighted by atomic mass is 9.95. The van der Waals surface area contributed by atoms with Crippen LogP contribution in [0.3, 0.4) is 0 Å². The Hall–Kier alpha value is -1.88. The number of carbonyl (C=O) groups is 2. The average Bonchev–Trinajstić information content (AvgIpc) is 2.56. The maximum absolute atomic E-state index is 12.5. The normalized spacial score (nSPS) is 17.8. The van der Waals surface area contributed by atoms with E-state index in [9.17, 15) is 9.59 Å². The Labute approximate surface area is 151 Å². The van der Waals surface area contributed by atoms with Crippen LogP contribution in [0, 0.1) is 5.92 Å². The molecule has 5 heteroatoms. The summed E-state index contributed by atoms with van der Waals surface area (Å²) in [5, 5.41) is 5.74. The summed E-state index contributed by atoms with van der Waals surface area (Å²) < 4.78 is 0. The molecule has 0 spiro atoms. The van der Waals surface area contributed by atoms with Crippen LogP contribution in [-0.2, 0) is 9.59 Å². The molecule has 5 nitrogen and oxygen atoms in total. The lowest BCUT2D eigenvalue weighted by Crippen LogP contribution is -2.55. The van der Waals surface area contributed by atoms with Crippen LogP contribution < -0.4 is 10.6 Å². The molecule has 1 atom stereocenters. The molecule has 2 rings (SSSR count). The minimum atomic E-state index is -0.913. The van der Waals surface area contributed by atoms with Crippen molar-refractivity contribution in [1.82, 2.24) is 15.5 Å². The van der Waals surface area contributed by atoms with Gasteiger partial charge in [0, 0.05) is 13.5 Å². The fourth-order valence-electron chi connectivity index (χ4n) is 3.38. The van der Waals surface area contributed by atoms with Gasteiger partial charge in [-0.15, -0.1) is 0 Å². The molecule has 0 aliphatic carbocycles. The van der Waals surface area contributed by atoms with Crippen LogP contribution in [0.15, 0.2) is 30.3 Å². The van der Waals surface area contributed by atoms with Crippen molar-refractivity contribution in [1.29, 1.82) is 0 Å². The van der Waals surface area contributed by atoms with Gasteiger partial charge in [-0.2, -0.15) is 0 Å². The van der Waals surface area contributed by atoms with Crippen molar-refractivity contribution in [3.8, 4) is 0 Å². The standard InChI is InChI=1S/C20H31N3O2/c1-15-10-12-23(13-11-15)18(17-8-6-5-7-9-17)14-21-19(25)20(3,4)22-16(2)24/h5-9,15,18H,10-14H2,1-4H3,(H,21,25)(H,22,24)/t18-/m0/s1. The molecule has 0 unspecified atom stereocenters. The van der Waals surface area contributed by atoms with Gasteiger partial charge in [-0.3, -0.25) is 14.5 Å². The number of carbonyl (C=O) groups excluding carboxylic acids is 2. The van der Waals surface area contributed by atoms with Gasteiger partial charge in [0.25, 0.3) is 0 Å². The molecule has 1 aromatic rings. The minimum absolute atomic E-state index is 0.158. The number of nitrogens with zero attached hydrogens (tertiary/aromatic N) is 1. The number of piperidine rings is 1. The summed E-state index contributed by atoms with van der Waals surface area (Å²) >= 11 is 0. The van der Waals surface area contributed by atoms with Crippen molar-refractivity contribution in [2.75, 3.05) is 19.6 Å². The van der Waals surface area contributed by atoms with E-state index >= 15 is 0 Å². The van der Waals surface area contributed by atoms with Crippen LogP contribution in [-0.4, -0.2) is 41.9 Å². The highest BCUT2D eigenvalue weighted by atomic mass is 16.2. The van der Waals surface area contributed by atoms with Gasteiger partial charge < -0.3 is 10.6 Å². The monoisotopic (exact) mass is 345 g/mol. The van der Waals surface area contributed by atoms with E-state index in [-0.39, 0.29) is 17.9 Å². The second kappa shape index (κ2) is 8.48. The lowest BCUT2D eigenvalue weighted by molar-refractivity contribution is -0.131. The zero-order valence-corrected chi connectivity index (χ0v) is 15.8. The first-order chi connectivity index (χ1) is 11.8. The largest absolute Gasteiger partial charge is 0.352 e. The summed E-state index contributed by atoms with van der Waals surface area (Å²) in [5.74, 6) is 0.403. The van der Waals surface area contributed by atoms with Crippen molar-refractivity contribution >= 4 is 11.8 Å². The zero-order valence-electron chi connectivity index (χ0n) is 15.8. The van der Waals surface area contributed by atoms with Crippen molar-refractivity contribution in [3.63, 3.8) is 0 Å². The van der Waals surface area contributed by atoms with E-state index < -0.39 is 5.54 Å². The number of hydrogen-bond donors (Lipinski definition) is 2. The lowest BCUT2D eigenvalue weighted by Gasteiger charge is -2.37. The maximum atomic E-state index is 12.5. The van der Waals surface area contributed by atoms with Gasteiger partial charge in [-0.1, -0.05) is 37.3 Å². The number of rotatable bonds is 6. The Morgan fingerprint density at radius 3 is 2.36 bits per heavy atom. The summed E-state index contributed by atoms with van der Waals surface area (Å²) in [6.45, 7) is 9.81. The molecule has 2 N–H and O–H groups in total. The smallest absolute Gasteiger partial charge is 0.245 e. The predicted octanol–water partition coefficient (Wildman–Crippen LogP) is 2.49. The molecule has 2 amide bonds. The molecule has 1 aliphatic heterocycles. The van der Waals surface area contributed by atoms with Gasteiger partial charge in [0.1, 0.15) is 5.54 Å². The van der Waals surface area contributed by atoms with Gasteiger partial charge in [-0.05, 0) is 51.3 Å². The summed E-state index contributed by atoms with van der Waals surface area (Å²) in [6, 6.07) is 10.5. The number of hydrogen-bond acceptors (Lipinski definition) is 3. The molecule has 138 valence electrons. The van der Waals surface area contributed by atoms with Crippen LogP contribution >= 0.6 is 0 Å². The van der Waals surface area contributed by atoms with E-state index in [0.29, 0.717) is 6.54 Å². The van der Waals surface area contributed by atoms with E-state index in [4.69, 9.17) is 0 Å². The van der Waals surface area contributed by atoms with Gasteiger partial charge in [0.15, 0.2) is 0 Å². The molecule has 1 fully saturated rings. The zero-order chi connectivity index (χ0) is 18.4. The number of nitrogens with one attached hydrogen (secondary N) is 2. The van der Waals surface area contributed by atoms with Gasteiger partial charge >= 0.3 is 0 Å². The van der Waals surface area contributed by atoms with Crippen LogP contribution in [0.25, 0.3) is 0 Å². The Balaban J connectivity index is 2.06. The molecule has 1 aliphatic rings.